The van der Waals surface area contributed by atoms with Crippen LogP contribution in [0.15, 0.2) is 24.3 Å². The first kappa shape index (κ1) is 27.5. The second-order valence-electron chi connectivity index (χ2n) is 8.91. The number of aryl methyl sites for hydroxylation is 1. The van der Waals surface area contributed by atoms with Crippen molar-refractivity contribution in [3.8, 4) is 5.75 Å². The van der Waals surface area contributed by atoms with Crippen molar-refractivity contribution in [2.45, 2.75) is 129 Å². The maximum atomic E-state index is 6.06. The molecule has 0 aliphatic heterocycles. The fourth-order valence-electron chi connectivity index (χ4n) is 4.09. The smallest absolute Gasteiger partial charge is 0.122 e. The van der Waals surface area contributed by atoms with Gasteiger partial charge < -0.3 is 4.74 Å². The number of alkyl halides is 1. The zero-order chi connectivity index (χ0) is 21.5. The molecule has 0 aliphatic rings. The van der Waals surface area contributed by atoms with Crippen LogP contribution in [0.4, 0.5) is 0 Å². The summed E-state index contributed by atoms with van der Waals surface area (Å²) < 4.78 is 6.06. The second-order valence-corrected chi connectivity index (χ2v) is 9.70. The molecular weight excluding hydrogens is 432 g/mol. The SMILES string of the molecule is CCCCCCOc1ccccc1CCCCCCCCCCCCCCCCBr. The molecule has 0 saturated carbocycles. The van der Waals surface area contributed by atoms with Crippen LogP contribution >= 0.6 is 15.9 Å². The van der Waals surface area contributed by atoms with Gasteiger partial charge in [-0.05, 0) is 37.3 Å². The maximum absolute atomic E-state index is 6.06. The van der Waals surface area contributed by atoms with Crippen LogP contribution in [0.2, 0.25) is 0 Å². The highest BCUT2D eigenvalue weighted by atomic mass is 79.9. The number of hydrogen-bond acceptors (Lipinski definition) is 1. The van der Waals surface area contributed by atoms with E-state index in [1.165, 1.54) is 133 Å². The van der Waals surface area contributed by atoms with E-state index in [1.807, 2.05) is 0 Å². The summed E-state index contributed by atoms with van der Waals surface area (Å²) in [6, 6.07) is 8.67. The Morgan fingerprint density at radius 3 is 1.67 bits per heavy atom. The molecule has 0 N–H and O–H groups in total. The van der Waals surface area contributed by atoms with Gasteiger partial charge in [0.25, 0.3) is 0 Å². The molecule has 0 radical (unpaired) electrons. The summed E-state index contributed by atoms with van der Waals surface area (Å²) in [5.74, 6) is 1.12. The van der Waals surface area contributed by atoms with Gasteiger partial charge in [0.05, 0.1) is 6.61 Å². The van der Waals surface area contributed by atoms with E-state index in [4.69, 9.17) is 4.74 Å². The van der Waals surface area contributed by atoms with Crippen molar-refractivity contribution in [3.05, 3.63) is 29.8 Å². The van der Waals surface area contributed by atoms with Crippen LogP contribution in [-0.2, 0) is 6.42 Å². The molecule has 1 aromatic carbocycles. The Hall–Kier alpha value is -0.500. The number of hydrogen-bond donors (Lipinski definition) is 0. The summed E-state index contributed by atoms with van der Waals surface area (Å²) in [7, 11) is 0. The molecule has 0 aliphatic carbocycles. The minimum atomic E-state index is 0.869. The molecule has 0 amide bonds. The molecule has 1 rings (SSSR count). The third-order valence-corrected chi connectivity index (χ3v) is 6.62. The summed E-state index contributed by atoms with van der Waals surface area (Å²) in [5, 5.41) is 1.17. The molecule has 0 saturated heterocycles. The summed E-state index contributed by atoms with van der Waals surface area (Å²) >= 11 is 3.51. The maximum Gasteiger partial charge on any atom is 0.122 e. The van der Waals surface area contributed by atoms with Crippen LogP contribution in [0.3, 0.4) is 0 Å². The number of unbranched alkanes of at least 4 members (excludes halogenated alkanes) is 16. The van der Waals surface area contributed by atoms with Crippen molar-refractivity contribution in [2.24, 2.45) is 0 Å². The first-order chi connectivity index (χ1) is 14.9. The van der Waals surface area contributed by atoms with Gasteiger partial charge in [0, 0.05) is 5.33 Å². The minimum absolute atomic E-state index is 0.869. The third-order valence-electron chi connectivity index (χ3n) is 6.06. The molecule has 1 nitrogen and oxygen atoms in total. The van der Waals surface area contributed by atoms with Crippen molar-refractivity contribution in [1.82, 2.24) is 0 Å². The van der Waals surface area contributed by atoms with E-state index in [0.29, 0.717) is 0 Å². The van der Waals surface area contributed by atoms with Gasteiger partial charge in [-0.25, -0.2) is 0 Å². The Kier molecular flexibility index (Phi) is 19.9. The topological polar surface area (TPSA) is 9.23 Å². The highest BCUT2D eigenvalue weighted by Gasteiger charge is 2.03. The van der Waals surface area contributed by atoms with Crippen molar-refractivity contribution < 1.29 is 4.74 Å². The molecule has 0 bridgehead atoms. The average molecular weight is 482 g/mol. The van der Waals surface area contributed by atoms with Crippen LogP contribution < -0.4 is 4.74 Å². The van der Waals surface area contributed by atoms with Crippen molar-refractivity contribution >= 4 is 15.9 Å². The standard InChI is InChI=1S/C28H49BrO/c1-2-3-4-21-26-30-28-24-19-18-23-27(28)22-17-15-13-11-9-7-5-6-8-10-12-14-16-20-25-29/h18-19,23-24H,2-17,20-22,25-26H2,1H3. The molecule has 2 heteroatoms. The lowest BCUT2D eigenvalue weighted by atomic mass is 10.0. The van der Waals surface area contributed by atoms with E-state index in [9.17, 15) is 0 Å². The number of ether oxygens (including phenoxy) is 1. The Morgan fingerprint density at radius 1 is 0.600 bits per heavy atom. The van der Waals surface area contributed by atoms with E-state index in [0.717, 1.165) is 12.4 Å². The van der Waals surface area contributed by atoms with Crippen LogP contribution in [0.25, 0.3) is 0 Å². The van der Waals surface area contributed by atoms with Gasteiger partial charge in [0.1, 0.15) is 5.75 Å². The first-order valence-electron chi connectivity index (χ1n) is 13.1. The van der Waals surface area contributed by atoms with Gasteiger partial charge >= 0.3 is 0 Å². The largest absolute Gasteiger partial charge is 0.493 e. The molecular formula is C28H49BrO. The van der Waals surface area contributed by atoms with Gasteiger partial charge in [0.15, 0.2) is 0 Å². The molecule has 30 heavy (non-hydrogen) atoms. The fraction of sp³-hybridized carbons (Fsp3) is 0.786. The van der Waals surface area contributed by atoms with Crippen molar-refractivity contribution in [2.75, 3.05) is 11.9 Å². The highest BCUT2D eigenvalue weighted by molar-refractivity contribution is 9.09. The molecule has 1 aromatic rings. The van der Waals surface area contributed by atoms with Gasteiger partial charge in [-0.1, -0.05) is 137 Å². The fourth-order valence-corrected chi connectivity index (χ4v) is 4.49. The van der Waals surface area contributed by atoms with Crippen LogP contribution in [0.5, 0.6) is 5.75 Å². The second kappa shape index (κ2) is 21.7. The predicted octanol–water partition coefficient (Wildman–Crippen LogP) is 10.0. The number of para-hydroxylation sites is 1. The molecule has 0 atom stereocenters. The van der Waals surface area contributed by atoms with Crippen molar-refractivity contribution in [3.63, 3.8) is 0 Å². The van der Waals surface area contributed by atoms with Crippen LogP contribution in [0.1, 0.15) is 128 Å². The van der Waals surface area contributed by atoms with Gasteiger partial charge in [-0.2, -0.15) is 0 Å². The number of benzene rings is 1. The summed E-state index contributed by atoms with van der Waals surface area (Å²) in [6.45, 7) is 3.13. The number of halogens is 1. The Labute approximate surface area is 196 Å². The molecule has 0 fully saturated rings. The molecule has 0 unspecified atom stereocenters. The van der Waals surface area contributed by atoms with Crippen molar-refractivity contribution in [1.29, 1.82) is 0 Å². The summed E-state index contributed by atoms with van der Waals surface area (Å²) in [6.07, 6.45) is 26.0. The zero-order valence-electron chi connectivity index (χ0n) is 19.9. The third kappa shape index (κ3) is 16.2. The zero-order valence-corrected chi connectivity index (χ0v) is 21.5. The van der Waals surface area contributed by atoms with E-state index in [2.05, 4.69) is 47.1 Å². The van der Waals surface area contributed by atoms with E-state index >= 15 is 0 Å². The monoisotopic (exact) mass is 480 g/mol. The van der Waals surface area contributed by atoms with E-state index in [-0.39, 0.29) is 0 Å². The molecule has 0 spiro atoms. The van der Waals surface area contributed by atoms with Crippen LogP contribution in [-0.4, -0.2) is 11.9 Å². The van der Waals surface area contributed by atoms with Gasteiger partial charge in [-0.15, -0.1) is 0 Å². The molecule has 0 heterocycles. The van der Waals surface area contributed by atoms with E-state index in [1.54, 1.807) is 0 Å². The lowest BCUT2D eigenvalue weighted by Gasteiger charge is -2.11. The lowest BCUT2D eigenvalue weighted by molar-refractivity contribution is 0.302. The molecule has 0 aromatic heterocycles. The predicted molar refractivity (Wildman–Crippen MR) is 138 cm³/mol. The minimum Gasteiger partial charge on any atom is -0.493 e. The Morgan fingerprint density at radius 2 is 1.10 bits per heavy atom. The molecule has 174 valence electrons. The Balaban J connectivity index is 1.93. The number of rotatable bonds is 22. The average Bonchev–Trinajstić information content (AvgIpc) is 2.77. The summed E-state index contributed by atoms with van der Waals surface area (Å²) in [5.41, 5.74) is 1.40. The normalized spacial score (nSPS) is 11.1. The van der Waals surface area contributed by atoms with Gasteiger partial charge in [0.2, 0.25) is 0 Å². The van der Waals surface area contributed by atoms with Crippen LogP contribution in [0, 0.1) is 0 Å². The first-order valence-corrected chi connectivity index (χ1v) is 14.3. The Bertz CT molecular complexity index is 473. The quantitative estimate of drug-likeness (QED) is 0.118. The summed E-state index contributed by atoms with van der Waals surface area (Å²) in [4.78, 5) is 0. The van der Waals surface area contributed by atoms with E-state index < -0.39 is 0 Å². The lowest BCUT2D eigenvalue weighted by Crippen LogP contribution is -2.00. The highest BCUT2D eigenvalue weighted by Crippen LogP contribution is 2.21. The van der Waals surface area contributed by atoms with Gasteiger partial charge in [-0.3, -0.25) is 0 Å².